The zero-order valence-electron chi connectivity index (χ0n) is 11.7. The number of nitrogens with one attached hydrogen (secondary N) is 1. The van der Waals surface area contributed by atoms with Gasteiger partial charge >= 0.3 is 5.97 Å². The fourth-order valence-corrected chi connectivity index (χ4v) is 2.66. The molecule has 1 aromatic heterocycles. The highest BCUT2D eigenvalue weighted by atomic mass is 32.1. The van der Waals surface area contributed by atoms with Crippen molar-refractivity contribution >= 4 is 28.9 Å². The first-order valence-corrected chi connectivity index (χ1v) is 7.18. The van der Waals surface area contributed by atoms with E-state index < -0.39 is 5.97 Å². The van der Waals surface area contributed by atoms with E-state index in [1.807, 2.05) is 13.0 Å². The number of amides is 1. The predicted octanol–water partition coefficient (Wildman–Crippen LogP) is 3.27. The van der Waals surface area contributed by atoms with E-state index in [1.54, 1.807) is 6.07 Å². The van der Waals surface area contributed by atoms with Crippen molar-refractivity contribution in [1.82, 2.24) is 0 Å². The minimum atomic E-state index is -1.06. The van der Waals surface area contributed by atoms with Crippen LogP contribution in [-0.4, -0.2) is 24.1 Å². The maximum Gasteiger partial charge on any atom is 0.335 e. The van der Waals surface area contributed by atoms with Gasteiger partial charge in [0.05, 0.1) is 23.2 Å². The molecular formula is C15H15NO4S. The summed E-state index contributed by atoms with van der Waals surface area (Å²) in [5.74, 6) is -0.918. The minimum Gasteiger partial charge on any atom is -0.495 e. The van der Waals surface area contributed by atoms with Crippen LogP contribution in [0.15, 0.2) is 30.3 Å². The Hall–Kier alpha value is -2.34. The molecule has 110 valence electrons. The highest BCUT2D eigenvalue weighted by Gasteiger charge is 2.14. The van der Waals surface area contributed by atoms with Crippen LogP contribution in [0.1, 0.15) is 31.8 Å². The number of hydrogen-bond acceptors (Lipinski definition) is 4. The van der Waals surface area contributed by atoms with Crippen molar-refractivity contribution in [3.8, 4) is 5.75 Å². The standard InChI is InChI=1S/C15H15NO4S/c1-3-10-5-7-13(21-10)14(17)16-11-8-9(15(18)19)4-6-12(11)20-2/h4-8H,3H2,1-2H3,(H,16,17)(H,18,19). The average molecular weight is 305 g/mol. The first-order valence-electron chi connectivity index (χ1n) is 6.36. The van der Waals surface area contributed by atoms with Crippen molar-refractivity contribution in [2.45, 2.75) is 13.3 Å². The van der Waals surface area contributed by atoms with Gasteiger partial charge in [0.2, 0.25) is 0 Å². The van der Waals surface area contributed by atoms with Gasteiger partial charge in [-0.15, -0.1) is 11.3 Å². The van der Waals surface area contributed by atoms with E-state index in [9.17, 15) is 9.59 Å². The van der Waals surface area contributed by atoms with E-state index in [2.05, 4.69) is 5.32 Å². The number of anilines is 1. The van der Waals surface area contributed by atoms with Crippen molar-refractivity contribution in [3.05, 3.63) is 45.6 Å². The van der Waals surface area contributed by atoms with Gasteiger partial charge in [0.15, 0.2) is 0 Å². The van der Waals surface area contributed by atoms with Gasteiger partial charge in [0.25, 0.3) is 5.91 Å². The number of aromatic carboxylic acids is 1. The molecule has 0 aliphatic carbocycles. The highest BCUT2D eigenvalue weighted by molar-refractivity contribution is 7.14. The van der Waals surface area contributed by atoms with Crippen molar-refractivity contribution in [3.63, 3.8) is 0 Å². The zero-order valence-corrected chi connectivity index (χ0v) is 12.5. The van der Waals surface area contributed by atoms with Crippen LogP contribution in [-0.2, 0) is 6.42 Å². The Morgan fingerprint density at radius 1 is 1.29 bits per heavy atom. The topological polar surface area (TPSA) is 75.6 Å². The van der Waals surface area contributed by atoms with E-state index >= 15 is 0 Å². The summed E-state index contributed by atoms with van der Waals surface area (Å²) in [5, 5.41) is 11.7. The quantitative estimate of drug-likeness (QED) is 0.889. The maximum atomic E-state index is 12.2. The number of carboxylic acid groups (broad SMARTS) is 1. The number of rotatable bonds is 5. The molecule has 2 rings (SSSR count). The number of carbonyl (C=O) groups is 2. The minimum absolute atomic E-state index is 0.0894. The second kappa shape index (κ2) is 6.41. The molecular weight excluding hydrogens is 290 g/mol. The van der Waals surface area contributed by atoms with Gasteiger partial charge in [-0.2, -0.15) is 0 Å². The molecule has 0 unspecified atom stereocenters. The lowest BCUT2D eigenvalue weighted by Gasteiger charge is -2.10. The Morgan fingerprint density at radius 2 is 2.05 bits per heavy atom. The summed E-state index contributed by atoms with van der Waals surface area (Å²) in [5.41, 5.74) is 0.431. The lowest BCUT2D eigenvalue weighted by molar-refractivity contribution is 0.0696. The molecule has 0 aliphatic heterocycles. The van der Waals surface area contributed by atoms with E-state index in [0.29, 0.717) is 16.3 Å². The Bertz CT molecular complexity index is 678. The summed E-state index contributed by atoms with van der Waals surface area (Å²) in [4.78, 5) is 24.9. The molecule has 0 fully saturated rings. The van der Waals surface area contributed by atoms with Crippen molar-refractivity contribution < 1.29 is 19.4 Å². The van der Waals surface area contributed by atoms with Crippen LogP contribution in [0.3, 0.4) is 0 Å². The van der Waals surface area contributed by atoms with Gasteiger partial charge in [-0.05, 0) is 36.8 Å². The van der Waals surface area contributed by atoms with Crippen molar-refractivity contribution in [2.75, 3.05) is 12.4 Å². The Morgan fingerprint density at radius 3 is 2.62 bits per heavy atom. The largest absolute Gasteiger partial charge is 0.495 e. The molecule has 0 aliphatic rings. The summed E-state index contributed by atoms with van der Waals surface area (Å²) in [7, 11) is 1.46. The second-order valence-corrected chi connectivity index (χ2v) is 5.46. The van der Waals surface area contributed by atoms with Crippen LogP contribution >= 0.6 is 11.3 Å². The number of aryl methyl sites for hydroxylation is 1. The molecule has 2 aromatic rings. The Kier molecular flexibility index (Phi) is 4.59. The van der Waals surface area contributed by atoms with Crippen molar-refractivity contribution in [1.29, 1.82) is 0 Å². The predicted molar refractivity (Wildman–Crippen MR) is 81.6 cm³/mol. The van der Waals surface area contributed by atoms with Crippen LogP contribution < -0.4 is 10.1 Å². The third kappa shape index (κ3) is 3.41. The van der Waals surface area contributed by atoms with Gasteiger partial charge < -0.3 is 15.2 Å². The number of thiophene rings is 1. The van der Waals surface area contributed by atoms with Gasteiger partial charge in [-0.25, -0.2) is 4.79 Å². The van der Waals surface area contributed by atoms with E-state index in [0.717, 1.165) is 11.3 Å². The molecule has 0 spiro atoms. The summed E-state index contributed by atoms with van der Waals surface area (Å²) in [6.45, 7) is 2.02. The summed E-state index contributed by atoms with van der Waals surface area (Å²) in [6, 6.07) is 7.99. The molecule has 21 heavy (non-hydrogen) atoms. The van der Waals surface area contributed by atoms with Gasteiger partial charge in [0.1, 0.15) is 5.75 Å². The number of hydrogen-bond donors (Lipinski definition) is 2. The third-order valence-electron chi connectivity index (χ3n) is 2.93. The monoisotopic (exact) mass is 305 g/mol. The summed E-state index contributed by atoms with van der Waals surface area (Å²) < 4.78 is 5.14. The van der Waals surface area contributed by atoms with Crippen LogP contribution in [0.5, 0.6) is 5.75 Å². The van der Waals surface area contributed by atoms with Crippen LogP contribution in [0, 0.1) is 0 Å². The molecule has 1 amide bonds. The third-order valence-corrected chi connectivity index (χ3v) is 4.16. The van der Waals surface area contributed by atoms with E-state index in [-0.39, 0.29) is 11.5 Å². The molecule has 6 heteroatoms. The van der Waals surface area contributed by atoms with Gasteiger partial charge in [-0.3, -0.25) is 4.79 Å². The number of methoxy groups -OCH3 is 1. The molecule has 1 heterocycles. The van der Waals surface area contributed by atoms with Gasteiger partial charge in [0, 0.05) is 4.88 Å². The Balaban J connectivity index is 2.26. The fourth-order valence-electron chi connectivity index (χ4n) is 1.81. The van der Waals surface area contributed by atoms with E-state index in [4.69, 9.17) is 9.84 Å². The lowest BCUT2D eigenvalue weighted by atomic mass is 10.2. The summed E-state index contributed by atoms with van der Waals surface area (Å²) in [6.07, 6.45) is 0.871. The number of benzene rings is 1. The highest BCUT2D eigenvalue weighted by Crippen LogP contribution is 2.27. The van der Waals surface area contributed by atoms with E-state index in [1.165, 1.54) is 36.6 Å². The molecule has 0 atom stereocenters. The normalized spacial score (nSPS) is 10.2. The smallest absolute Gasteiger partial charge is 0.335 e. The molecule has 1 aromatic carbocycles. The van der Waals surface area contributed by atoms with Crippen molar-refractivity contribution in [2.24, 2.45) is 0 Å². The SMILES string of the molecule is CCc1ccc(C(=O)Nc2cc(C(=O)O)ccc2OC)s1. The van der Waals surface area contributed by atoms with Gasteiger partial charge in [-0.1, -0.05) is 6.92 Å². The molecule has 0 saturated carbocycles. The molecule has 0 saturated heterocycles. The first kappa shape index (κ1) is 15.1. The molecule has 0 bridgehead atoms. The molecule has 5 nitrogen and oxygen atoms in total. The fraction of sp³-hybridized carbons (Fsp3) is 0.200. The number of carboxylic acids is 1. The van der Waals surface area contributed by atoms with Crippen LogP contribution in [0.25, 0.3) is 0 Å². The molecule has 0 radical (unpaired) electrons. The lowest BCUT2D eigenvalue weighted by Crippen LogP contribution is -2.12. The average Bonchev–Trinajstić information content (AvgIpc) is 2.96. The first-order chi connectivity index (χ1) is 10.0. The Labute approximate surface area is 126 Å². The second-order valence-electron chi connectivity index (χ2n) is 4.29. The maximum absolute atomic E-state index is 12.2. The number of carbonyl (C=O) groups excluding carboxylic acids is 1. The van der Waals surface area contributed by atoms with Crippen LogP contribution in [0.2, 0.25) is 0 Å². The number of ether oxygens (including phenoxy) is 1. The zero-order chi connectivity index (χ0) is 15.4. The molecule has 2 N–H and O–H groups in total. The van der Waals surface area contributed by atoms with Crippen LogP contribution in [0.4, 0.5) is 5.69 Å². The summed E-state index contributed by atoms with van der Waals surface area (Å²) >= 11 is 1.42.